The highest BCUT2D eigenvalue weighted by atomic mass is 16.6. The highest BCUT2D eigenvalue weighted by molar-refractivity contribution is 5.83. The van der Waals surface area contributed by atoms with Gasteiger partial charge in [0, 0.05) is 18.7 Å². The van der Waals surface area contributed by atoms with Gasteiger partial charge < -0.3 is 30.1 Å². The number of nitrogens with one attached hydrogen (secondary N) is 1. The van der Waals surface area contributed by atoms with Crippen LogP contribution in [0.25, 0.3) is 11.2 Å². The van der Waals surface area contributed by atoms with Crippen molar-refractivity contribution in [2.75, 3.05) is 18.5 Å². The second-order valence-electron chi connectivity index (χ2n) is 7.15. The van der Waals surface area contributed by atoms with Gasteiger partial charge in [-0.05, 0) is 24.6 Å². The van der Waals surface area contributed by atoms with Gasteiger partial charge in [0.25, 0.3) is 5.69 Å². The Morgan fingerprint density at radius 2 is 2.00 bits per heavy atom. The minimum Gasteiger partial charge on any atom is -0.458 e. The van der Waals surface area contributed by atoms with Gasteiger partial charge in [0.05, 0.1) is 17.9 Å². The summed E-state index contributed by atoms with van der Waals surface area (Å²) >= 11 is 0. The zero-order valence-electron chi connectivity index (χ0n) is 17.0. The largest absolute Gasteiger partial charge is 0.458 e. The van der Waals surface area contributed by atoms with E-state index in [1.54, 1.807) is 12.1 Å². The summed E-state index contributed by atoms with van der Waals surface area (Å²) in [5.41, 5.74) is 1.36. The first-order chi connectivity index (χ1) is 15.4. The molecule has 0 radical (unpaired) electrons. The van der Waals surface area contributed by atoms with Crippen LogP contribution >= 0.6 is 0 Å². The van der Waals surface area contributed by atoms with E-state index in [2.05, 4.69) is 20.3 Å². The SMILES string of the molecule is CCNc1nc(OCc2ccc([N+](=O)[O-])cc2)nc2c1ncn2C1OC(CO)C(O)C1O. The Hall–Kier alpha value is -3.39. The van der Waals surface area contributed by atoms with Crippen molar-refractivity contribution in [2.45, 2.75) is 38.1 Å². The second kappa shape index (κ2) is 9.00. The van der Waals surface area contributed by atoms with Crippen LogP contribution < -0.4 is 10.1 Å². The Kier molecular flexibility index (Phi) is 6.14. The Bertz CT molecular complexity index is 1110. The molecule has 32 heavy (non-hydrogen) atoms. The molecule has 0 aliphatic carbocycles. The molecule has 4 atom stereocenters. The van der Waals surface area contributed by atoms with E-state index in [1.165, 1.54) is 23.0 Å². The third kappa shape index (κ3) is 4.05. The van der Waals surface area contributed by atoms with Gasteiger partial charge in [-0.15, -0.1) is 0 Å². The lowest BCUT2D eigenvalue weighted by Gasteiger charge is -2.17. The van der Waals surface area contributed by atoms with Crippen LogP contribution in [0, 0.1) is 10.1 Å². The molecule has 3 heterocycles. The molecule has 13 heteroatoms. The summed E-state index contributed by atoms with van der Waals surface area (Å²) < 4.78 is 12.7. The van der Waals surface area contributed by atoms with E-state index in [1.807, 2.05) is 6.92 Å². The summed E-state index contributed by atoms with van der Waals surface area (Å²) in [5, 5.41) is 43.7. The maximum atomic E-state index is 10.8. The van der Waals surface area contributed by atoms with Gasteiger partial charge in [0.15, 0.2) is 23.2 Å². The Labute approximate surface area is 181 Å². The molecule has 1 aliphatic heterocycles. The molecule has 1 aromatic carbocycles. The molecule has 1 saturated heterocycles. The van der Waals surface area contributed by atoms with Crippen LogP contribution in [-0.4, -0.2) is 71.2 Å². The first-order valence-electron chi connectivity index (χ1n) is 9.90. The number of nitro benzene ring substituents is 1. The monoisotopic (exact) mass is 446 g/mol. The fraction of sp³-hybridized carbons (Fsp3) is 0.421. The molecule has 4 rings (SSSR count). The average Bonchev–Trinajstić information content (AvgIpc) is 3.33. The van der Waals surface area contributed by atoms with Crippen molar-refractivity contribution in [3.63, 3.8) is 0 Å². The summed E-state index contributed by atoms with van der Waals surface area (Å²) in [6.07, 6.45) is -3.12. The van der Waals surface area contributed by atoms with E-state index < -0.39 is 36.1 Å². The number of hydrogen-bond acceptors (Lipinski definition) is 11. The number of aliphatic hydroxyl groups is 3. The van der Waals surface area contributed by atoms with Gasteiger partial charge in [-0.2, -0.15) is 9.97 Å². The van der Waals surface area contributed by atoms with E-state index in [0.717, 1.165) is 0 Å². The van der Waals surface area contributed by atoms with E-state index >= 15 is 0 Å². The van der Waals surface area contributed by atoms with E-state index in [4.69, 9.17) is 9.47 Å². The predicted octanol–water partition coefficient (Wildman–Crippen LogP) is 0.357. The summed E-state index contributed by atoms with van der Waals surface area (Å²) in [7, 11) is 0. The molecule has 3 aromatic rings. The molecule has 0 amide bonds. The van der Waals surface area contributed by atoms with Crippen molar-refractivity contribution in [3.05, 3.63) is 46.3 Å². The lowest BCUT2D eigenvalue weighted by Crippen LogP contribution is -2.33. The molecule has 2 aromatic heterocycles. The number of anilines is 1. The van der Waals surface area contributed by atoms with Crippen LogP contribution in [0.1, 0.15) is 18.7 Å². The molecule has 1 fully saturated rings. The van der Waals surface area contributed by atoms with Gasteiger partial charge in [-0.3, -0.25) is 14.7 Å². The number of hydrogen-bond donors (Lipinski definition) is 4. The minimum atomic E-state index is -1.30. The Morgan fingerprint density at radius 3 is 2.62 bits per heavy atom. The highest BCUT2D eigenvalue weighted by Crippen LogP contribution is 2.33. The number of rotatable bonds is 8. The summed E-state index contributed by atoms with van der Waals surface area (Å²) in [4.78, 5) is 23.3. The van der Waals surface area contributed by atoms with Gasteiger partial charge in [-0.25, -0.2) is 4.98 Å². The number of nitrogens with zero attached hydrogens (tertiary/aromatic N) is 5. The summed E-state index contributed by atoms with van der Waals surface area (Å²) in [5.74, 6) is 0.404. The third-order valence-electron chi connectivity index (χ3n) is 5.05. The number of aromatic nitrogens is 4. The van der Waals surface area contributed by atoms with Crippen molar-refractivity contribution in [1.29, 1.82) is 0 Å². The van der Waals surface area contributed by atoms with Crippen LogP contribution in [-0.2, 0) is 11.3 Å². The van der Waals surface area contributed by atoms with E-state index in [9.17, 15) is 25.4 Å². The Morgan fingerprint density at radius 1 is 1.25 bits per heavy atom. The minimum absolute atomic E-state index is 0.0142. The van der Waals surface area contributed by atoms with Crippen LogP contribution in [0.15, 0.2) is 30.6 Å². The quantitative estimate of drug-likeness (QED) is 0.277. The third-order valence-corrected chi connectivity index (χ3v) is 5.05. The number of aliphatic hydroxyl groups excluding tert-OH is 3. The molecular formula is C19H22N6O7. The maximum absolute atomic E-state index is 10.8. The number of imidazole rings is 1. The lowest BCUT2D eigenvalue weighted by molar-refractivity contribution is -0.384. The standard InChI is InChI=1S/C19H22N6O7/c1-2-20-16-13-17(24(9-21-13)18-15(28)14(27)12(7-26)32-18)23-19(22-16)31-8-10-3-5-11(6-4-10)25(29)30/h3-6,9,12,14-15,18,26-28H,2,7-8H2,1H3,(H,20,22,23). The van der Waals surface area contributed by atoms with Gasteiger partial charge >= 0.3 is 6.01 Å². The first-order valence-corrected chi connectivity index (χ1v) is 9.90. The Balaban J connectivity index is 1.63. The fourth-order valence-corrected chi connectivity index (χ4v) is 3.41. The topological polar surface area (TPSA) is 178 Å². The number of non-ortho nitro benzene ring substituents is 1. The highest BCUT2D eigenvalue weighted by Gasteiger charge is 2.44. The molecule has 4 unspecified atom stereocenters. The fourth-order valence-electron chi connectivity index (χ4n) is 3.41. The van der Waals surface area contributed by atoms with Crippen LogP contribution in [0.2, 0.25) is 0 Å². The van der Waals surface area contributed by atoms with Crippen molar-refractivity contribution < 1.29 is 29.7 Å². The van der Waals surface area contributed by atoms with Crippen molar-refractivity contribution in [2.24, 2.45) is 0 Å². The van der Waals surface area contributed by atoms with E-state index in [0.29, 0.717) is 29.1 Å². The molecule has 0 spiro atoms. The summed E-state index contributed by atoms with van der Waals surface area (Å²) in [6, 6.07) is 5.92. The smallest absolute Gasteiger partial charge is 0.320 e. The number of fused-ring (bicyclic) bond motifs is 1. The molecule has 0 bridgehead atoms. The van der Waals surface area contributed by atoms with Gasteiger partial charge in [-0.1, -0.05) is 0 Å². The molecule has 13 nitrogen and oxygen atoms in total. The van der Waals surface area contributed by atoms with Gasteiger partial charge in [0.1, 0.15) is 24.9 Å². The lowest BCUT2D eigenvalue weighted by atomic mass is 10.1. The first kappa shape index (κ1) is 21.8. The zero-order valence-corrected chi connectivity index (χ0v) is 17.0. The van der Waals surface area contributed by atoms with Crippen LogP contribution in [0.3, 0.4) is 0 Å². The normalized spacial score (nSPS) is 22.9. The van der Waals surface area contributed by atoms with Crippen molar-refractivity contribution in [3.8, 4) is 6.01 Å². The predicted molar refractivity (Wildman–Crippen MR) is 110 cm³/mol. The summed E-state index contributed by atoms with van der Waals surface area (Å²) in [6.45, 7) is 2.04. The molecule has 170 valence electrons. The molecule has 0 saturated carbocycles. The van der Waals surface area contributed by atoms with Crippen LogP contribution in [0.4, 0.5) is 11.5 Å². The number of nitro groups is 1. The average molecular weight is 446 g/mol. The van der Waals surface area contributed by atoms with Crippen molar-refractivity contribution >= 4 is 22.7 Å². The van der Waals surface area contributed by atoms with Crippen LogP contribution in [0.5, 0.6) is 6.01 Å². The molecule has 4 N–H and O–H groups in total. The molecule has 1 aliphatic rings. The molecular weight excluding hydrogens is 424 g/mol. The van der Waals surface area contributed by atoms with Crippen molar-refractivity contribution in [1.82, 2.24) is 19.5 Å². The van der Waals surface area contributed by atoms with Gasteiger partial charge in [0.2, 0.25) is 0 Å². The second-order valence-corrected chi connectivity index (χ2v) is 7.15. The zero-order chi connectivity index (χ0) is 22.8. The number of benzene rings is 1. The maximum Gasteiger partial charge on any atom is 0.320 e. The van der Waals surface area contributed by atoms with E-state index in [-0.39, 0.29) is 18.3 Å². The number of ether oxygens (including phenoxy) is 2.